The summed E-state index contributed by atoms with van der Waals surface area (Å²) in [4.78, 5) is 21.6. The second kappa shape index (κ2) is 12.0. The molecule has 2 rings (SSSR count). The molecule has 0 saturated carbocycles. The first-order valence-corrected chi connectivity index (χ1v) is 9.52. The van der Waals surface area contributed by atoms with Crippen LogP contribution in [0.15, 0.2) is 59.5 Å². The van der Waals surface area contributed by atoms with Crippen LogP contribution in [0.5, 0.6) is 5.75 Å². The summed E-state index contributed by atoms with van der Waals surface area (Å²) < 4.78 is 6.21. The number of carboxylic acid groups (broad SMARTS) is 2. The average Bonchev–Trinajstić information content (AvgIpc) is 2.66. The molecule has 2 aromatic rings. The van der Waals surface area contributed by atoms with E-state index in [0.717, 1.165) is 18.7 Å². The van der Waals surface area contributed by atoms with Crippen molar-refractivity contribution in [3.05, 3.63) is 60.2 Å². The van der Waals surface area contributed by atoms with Crippen LogP contribution in [-0.2, 0) is 9.59 Å². The second-order valence-corrected chi connectivity index (χ2v) is 6.77. The van der Waals surface area contributed by atoms with Crippen molar-refractivity contribution < 1.29 is 24.5 Å². The van der Waals surface area contributed by atoms with Gasteiger partial charge in [-0.05, 0) is 50.2 Å². The molecule has 0 heterocycles. The lowest BCUT2D eigenvalue weighted by Gasteiger charge is -2.21. The summed E-state index contributed by atoms with van der Waals surface area (Å²) in [7, 11) is 4.19. The Morgan fingerprint density at radius 1 is 1.00 bits per heavy atom. The molecule has 0 saturated heterocycles. The Hall–Kier alpha value is -2.51. The molecule has 0 aromatic heterocycles. The number of benzene rings is 2. The summed E-state index contributed by atoms with van der Waals surface area (Å²) in [6, 6.07) is 18.8. The van der Waals surface area contributed by atoms with E-state index in [1.807, 2.05) is 6.07 Å². The molecule has 1 unspecified atom stereocenters. The monoisotopic (exact) mass is 391 g/mol. The molecule has 0 aliphatic carbocycles. The SMILES string of the molecule is CSc1ccc(OC(CCN(C)C)c2ccccc2)cc1.O=C(O)C(=O)O. The number of hydrogen-bond donors (Lipinski definition) is 2. The molecular weight excluding hydrogens is 366 g/mol. The van der Waals surface area contributed by atoms with Crippen LogP contribution in [0.1, 0.15) is 18.1 Å². The van der Waals surface area contributed by atoms with Crippen LogP contribution >= 0.6 is 11.8 Å². The fraction of sp³-hybridized carbons (Fsp3) is 0.300. The Kier molecular flexibility index (Phi) is 10.00. The van der Waals surface area contributed by atoms with Gasteiger partial charge in [0, 0.05) is 17.9 Å². The molecular formula is C20H25NO5S. The molecule has 7 heteroatoms. The van der Waals surface area contributed by atoms with Crippen LogP contribution in [0, 0.1) is 0 Å². The van der Waals surface area contributed by atoms with Gasteiger partial charge in [-0.25, -0.2) is 9.59 Å². The minimum Gasteiger partial charge on any atom is -0.486 e. The van der Waals surface area contributed by atoms with Gasteiger partial charge in [0.2, 0.25) is 0 Å². The van der Waals surface area contributed by atoms with E-state index in [1.54, 1.807) is 11.8 Å². The number of carboxylic acids is 2. The molecule has 2 aromatic carbocycles. The molecule has 0 spiro atoms. The molecule has 0 aliphatic rings. The van der Waals surface area contributed by atoms with E-state index < -0.39 is 11.9 Å². The maximum atomic E-state index is 9.10. The zero-order chi connectivity index (χ0) is 20.2. The van der Waals surface area contributed by atoms with E-state index in [9.17, 15) is 0 Å². The van der Waals surface area contributed by atoms with Gasteiger partial charge in [0.15, 0.2) is 0 Å². The minimum absolute atomic E-state index is 0.0914. The van der Waals surface area contributed by atoms with Crippen LogP contribution in [0.3, 0.4) is 0 Å². The van der Waals surface area contributed by atoms with Crippen molar-refractivity contribution in [1.29, 1.82) is 0 Å². The standard InChI is InChI=1S/C18H23NOS.C2H2O4/c1-19(2)14-13-18(15-7-5-4-6-8-15)20-16-9-11-17(21-3)12-10-16;3-1(4)2(5)6/h4-12,18H,13-14H2,1-3H3;(H,3,4)(H,5,6). The van der Waals surface area contributed by atoms with Crippen molar-refractivity contribution in [2.75, 3.05) is 26.9 Å². The highest BCUT2D eigenvalue weighted by Gasteiger charge is 2.13. The Morgan fingerprint density at radius 2 is 1.56 bits per heavy atom. The van der Waals surface area contributed by atoms with Crippen molar-refractivity contribution in [3.8, 4) is 5.75 Å². The third-order valence-corrected chi connectivity index (χ3v) is 4.27. The maximum absolute atomic E-state index is 9.10. The first-order valence-electron chi connectivity index (χ1n) is 8.30. The third-order valence-electron chi connectivity index (χ3n) is 3.53. The highest BCUT2D eigenvalue weighted by molar-refractivity contribution is 7.98. The van der Waals surface area contributed by atoms with Gasteiger partial charge in [0.05, 0.1) is 0 Å². The first kappa shape index (κ1) is 22.5. The van der Waals surface area contributed by atoms with Crippen LogP contribution < -0.4 is 4.74 Å². The molecule has 146 valence electrons. The Labute approximate surface area is 163 Å². The molecule has 0 fully saturated rings. The number of carbonyl (C=O) groups is 2. The van der Waals surface area contributed by atoms with E-state index >= 15 is 0 Å². The summed E-state index contributed by atoms with van der Waals surface area (Å²) in [6.07, 6.45) is 3.15. The quantitative estimate of drug-likeness (QED) is 0.550. The summed E-state index contributed by atoms with van der Waals surface area (Å²) in [5.41, 5.74) is 1.23. The van der Waals surface area contributed by atoms with E-state index in [-0.39, 0.29) is 6.10 Å². The topological polar surface area (TPSA) is 87.1 Å². The Balaban J connectivity index is 0.000000527. The van der Waals surface area contributed by atoms with Crippen LogP contribution in [-0.4, -0.2) is 53.9 Å². The van der Waals surface area contributed by atoms with Crippen molar-refractivity contribution >= 4 is 23.7 Å². The highest BCUT2D eigenvalue weighted by Crippen LogP contribution is 2.26. The predicted octanol–water partition coefficient (Wildman–Crippen LogP) is 3.64. The molecule has 0 aliphatic heterocycles. The number of rotatable bonds is 7. The van der Waals surface area contributed by atoms with Crippen molar-refractivity contribution in [2.24, 2.45) is 0 Å². The fourth-order valence-corrected chi connectivity index (χ4v) is 2.56. The van der Waals surface area contributed by atoms with E-state index in [1.165, 1.54) is 10.5 Å². The zero-order valence-electron chi connectivity index (χ0n) is 15.7. The fourth-order valence-electron chi connectivity index (χ4n) is 2.16. The van der Waals surface area contributed by atoms with Gasteiger partial charge >= 0.3 is 11.9 Å². The molecule has 0 bridgehead atoms. The lowest BCUT2D eigenvalue weighted by molar-refractivity contribution is -0.159. The third kappa shape index (κ3) is 9.12. The molecule has 0 amide bonds. The maximum Gasteiger partial charge on any atom is 0.414 e. The van der Waals surface area contributed by atoms with Crippen LogP contribution in [0.25, 0.3) is 0 Å². The number of ether oxygens (including phenoxy) is 1. The van der Waals surface area contributed by atoms with Crippen LogP contribution in [0.2, 0.25) is 0 Å². The number of hydrogen-bond acceptors (Lipinski definition) is 5. The molecule has 2 N–H and O–H groups in total. The molecule has 6 nitrogen and oxygen atoms in total. The minimum atomic E-state index is -1.82. The van der Waals surface area contributed by atoms with Crippen LogP contribution in [0.4, 0.5) is 0 Å². The largest absolute Gasteiger partial charge is 0.486 e. The summed E-state index contributed by atoms with van der Waals surface area (Å²) in [6.45, 7) is 1.00. The summed E-state index contributed by atoms with van der Waals surface area (Å²) in [5, 5.41) is 14.8. The normalized spacial score (nSPS) is 11.3. The lowest BCUT2D eigenvalue weighted by Crippen LogP contribution is -2.18. The Bertz CT molecular complexity index is 692. The second-order valence-electron chi connectivity index (χ2n) is 5.89. The van der Waals surface area contributed by atoms with Crippen molar-refractivity contribution in [3.63, 3.8) is 0 Å². The van der Waals surface area contributed by atoms with Gasteiger partial charge in [-0.15, -0.1) is 11.8 Å². The predicted molar refractivity (Wildman–Crippen MR) is 106 cm³/mol. The van der Waals surface area contributed by atoms with Crippen molar-refractivity contribution in [1.82, 2.24) is 4.90 Å². The van der Waals surface area contributed by atoms with Gasteiger partial charge in [-0.3, -0.25) is 0 Å². The van der Waals surface area contributed by atoms with Gasteiger partial charge in [0.25, 0.3) is 0 Å². The Morgan fingerprint density at radius 3 is 2.00 bits per heavy atom. The number of nitrogens with zero attached hydrogens (tertiary/aromatic N) is 1. The van der Waals surface area contributed by atoms with Gasteiger partial charge < -0.3 is 19.8 Å². The average molecular weight is 391 g/mol. The summed E-state index contributed by atoms with van der Waals surface area (Å²) in [5.74, 6) is -2.72. The van der Waals surface area contributed by atoms with Crippen molar-refractivity contribution in [2.45, 2.75) is 17.4 Å². The number of thioether (sulfide) groups is 1. The first-order chi connectivity index (χ1) is 12.8. The van der Waals surface area contributed by atoms with Gasteiger partial charge in [0.1, 0.15) is 11.9 Å². The lowest BCUT2D eigenvalue weighted by atomic mass is 10.1. The highest BCUT2D eigenvalue weighted by atomic mass is 32.2. The molecule has 1 atom stereocenters. The van der Waals surface area contributed by atoms with E-state index in [0.29, 0.717) is 0 Å². The number of aliphatic carboxylic acids is 2. The van der Waals surface area contributed by atoms with E-state index in [4.69, 9.17) is 24.5 Å². The molecule has 0 radical (unpaired) electrons. The van der Waals surface area contributed by atoms with Gasteiger partial charge in [-0.2, -0.15) is 0 Å². The summed E-state index contributed by atoms with van der Waals surface area (Å²) >= 11 is 1.74. The van der Waals surface area contributed by atoms with E-state index in [2.05, 4.69) is 73.8 Å². The zero-order valence-corrected chi connectivity index (χ0v) is 16.5. The van der Waals surface area contributed by atoms with Gasteiger partial charge in [-0.1, -0.05) is 30.3 Å². The smallest absolute Gasteiger partial charge is 0.414 e. The molecule has 27 heavy (non-hydrogen) atoms.